The molecule has 0 atom stereocenters. The third kappa shape index (κ3) is 4.79. The van der Waals surface area contributed by atoms with Crippen molar-refractivity contribution in [3.05, 3.63) is 65.5 Å². The van der Waals surface area contributed by atoms with Crippen molar-refractivity contribution >= 4 is 15.5 Å². The van der Waals surface area contributed by atoms with Crippen molar-refractivity contribution < 1.29 is 13.9 Å². The predicted molar refractivity (Wildman–Crippen MR) is 102 cm³/mol. The van der Waals surface area contributed by atoms with Crippen LogP contribution in [0.3, 0.4) is 0 Å². The van der Waals surface area contributed by atoms with Crippen molar-refractivity contribution in [1.29, 1.82) is 0 Å². The molecule has 0 radical (unpaired) electrons. The molecule has 132 valence electrons. The van der Waals surface area contributed by atoms with E-state index in [1.165, 1.54) is 61.6 Å². The van der Waals surface area contributed by atoms with E-state index in [4.69, 9.17) is 4.74 Å². The molecule has 25 heavy (non-hydrogen) atoms. The second kappa shape index (κ2) is 8.43. The first-order valence-electron chi connectivity index (χ1n) is 9.23. The summed E-state index contributed by atoms with van der Waals surface area (Å²) in [5, 5.41) is 0. The van der Waals surface area contributed by atoms with Crippen LogP contribution in [0.2, 0.25) is 11.6 Å². The Kier molecular flexibility index (Phi) is 6.03. The number of carbonyl (C=O) groups is 1. The Labute approximate surface area is 151 Å². The van der Waals surface area contributed by atoms with E-state index in [1.807, 2.05) is 12.1 Å². The van der Waals surface area contributed by atoms with Crippen molar-refractivity contribution in [2.75, 3.05) is 0 Å². The summed E-state index contributed by atoms with van der Waals surface area (Å²) in [7, 11) is 0.140. The molecule has 1 fully saturated rings. The van der Waals surface area contributed by atoms with Gasteiger partial charge < -0.3 is 4.74 Å². The van der Waals surface area contributed by atoms with E-state index in [9.17, 15) is 9.18 Å². The van der Waals surface area contributed by atoms with Crippen LogP contribution in [-0.2, 0) is 0 Å². The molecule has 0 amide bonds. The van der Waals surface area contributed by atoms with Crippen LogP contribution in [0.1, 0.15) is 54.4 Å². The predicted octanol–water partition coefficient (Wildman–Crippen LogP) is 5.10. The lowest BCUT2D eigenvalue weighted by molar-refractivity contribution is 0.0734. The molecule has 0 saturated heterocycles. The summed E-state index contributed by atoms with van der Waals surface area (Å²) in [4.78, 5) is 12.2. The van der Waals surface area contributed by atoms with E-state index in [-0.39, 0.29) is 15.3 Å². The van der Waals surface area contributed by atoms with E-state index in [2.05, 4.69) is 19.1 Å². The van der Waals surface area contributed by atoms with Gasteiger partial charge in [-0.1, -0.05) is 43.5 Å². The number of esters is 1. The second-order valence-corrected chi connectivity index (χ2v) is 9.70. The first kappa shape index (κ1) is 17.9. The molecule has 0 aromatic heterocycles. The molecular weight excluding hydrogens is 331 g/mol. The molecule has 1 aliphatic carbocycles. The van der Waals surface area contributed by atoms with Gasteiger partial charge in [-0.25, -0.2) is 9.18 Å². The monoisotopic (exact) mass is 356 g/mol. The van der Waals surface area contributed by atoms with Crippen molar-refractivity contribution in [3.8, 4) is 5.75 Å². The third-order valence-corrected chi connectivity index (χ3v) is 7.40. The fourth-order valence-corrected chi connectivity index (χ4v) is 5.62. The van der Waals surface area contributed by atoms with Gasteiger partial charge >= 0.3 is 5.97 Å². The number of hydrogen-bond donors (Lipinski definition) is 0. The molecule has 0 heterocycles. The Bertz CT molecular complexity index is 689. The van der Waals surface area contributed by atoms with Crippen LogP contribution in [0.25, 0.3) is 0 Å². The Balaban J connectivity index is 1.58. The maximum absolute atomic E-state index is 12.9. The van der Waals surface area contributed by atoms with Gasteiger partial charge in [0.2, 0.25) is 0 Å². The average molecular weight is 357 g/mol. The zero-order valence-corrected chi connectivity index (χ0v) is 16.1. The van der Waals surface area contributed by atoms with Gasteiger partial charge in [0, 0.05) is 9.52 Å². The molecule has 0 aliphatic heterocycles. The van der Waals surface area contributed by atoms with Gasteiger partial charge in [-0.2, -0.15) is 0 Å². The Morgan fingerprint density at radius 3 is 2.28 bits per heavy atom. The summed E-state index contributed by atoms with van der Waals surface area (Å²) < 4.78 is 18.2. The summed E-state index contributed by atoms with van der Waals surface area (Å²) in [5.74, 6) is 0.231. The zero-order valence-electron chi connectivity index (χ0n) is 14.7. The standard InChI is InChI=1S/C21H25FO2Si/c1-2-25-20-13-7-16(8-14-20)15-3-5-17(6-4-15)21(23)24-19-11-9-18(22)10-12-19/h3-6,9-12,16,20H,2,7-8,13-14,25H2,1H3/t16-,20-. The lowest BCUT2D eigenvalue weighted by Crippen LogP contribution is -2.14. The van der Waals surface area contributed by atoms with Gasteiger partial charge in [0.15, 0.2) is 0 Å². The van der Waals surface area contributed by atoms with Crippen LogP contribution < -0.4 is 4.74 Å². The van der Waals surface area contributed by atoms with Crippen LogP contribution in [0.5, 0.6) is 5.75 Å². The van der Waals surface area contributed by atoms with Crippen LogP contribution in [0.15, 0.2) is 48.5 Å². The van der Waals surface area contributed by atoms with Gasteiger partial charge in [-0.15, -0.1) is 0 Å². The third-order valence-electron chi connectivity index (χ3n) is 5.19. The summed E-state index contributed by atoms with van der Waals surface area (Å²) in [6.07, 6.45) is 5.30. The lowest BCUT2D eigenvalue weighted by Gasteiger charge is -2.28. The number of benzene rings is 2. The van der Waals surface area contributed by atoms with E-state index < -0.39 is 5.97 Å². The largest absolute Gasteiger partial charge is 0.423 e. The van der Waals surface area contributed by atoms with E-state index in [1.54, 1.807) is 0 Å². The highest BCUT2D eigenvalue weighted by atomic mass is 28.2. The summed E-state index contributed by atoms with van der Waals surface area (Å²) in [5.41, 5.74) is 2.89. The second-order valence-electron chi connectivity index (χ2n) is 6.97. The van der Waals surface area contributed by atoms with E-state index in [0.717, 1.165) is 5.54 Å². The smallest absolute Gasteiger partial charge is 0.343 e. The van der Waals surface area contributed by atoms with Crippen LogP contribution >= 0.6 is 0 Å². The highest BCUT2D eigenvalue weighted by Gasteiger charge is 2.22. The Morgan fingerprint density at radius 1 is 1.04 bits per heavy atom. The molecule has 2 aromatic carbocycles. The van der Waals surface area contributed by atoms with E-state index in [0.29, 0.717) is 17.2 Å². The van der Waals surface area contributed by atoms with Crippen LogP contribution in [0.4, 0.5) is 4.39 Å². The highest BCUT2D eigenvalue weighted by Crippen LogP contribution is 2.38. The summed E-state index contributed by atoms with van der Waals surface area (Å²) in [6, 6.07) is 14.7. The van der Waals surface area contributed by atoms with Crippen molar-refractivity contribution in [3.63, 3.8) is 0 Å². The van der Waals surface area contributed by atoms with E-state index >= 15 is 0 Å². The fourth-order valence-electron chi connectivity index (χ4n) is 3.75. The molecular formula is C21H25FO2Si. The molecule has 4 heteroatoms. The molecule has 0 spiro atoms. The highest BCUT2D eigenvalue weighted by molar-refractivity contribution is 6.37. The molecule has 0 bridgehead atoms. The molecule has 2 aromatic rings. The first-order chi connectivity index (χ1) is 12.2. The molecule has 3 rings (SSSR count). The van der Waals surface area contributed by atoms with Gasteiger partial charge in [-0.3, -0.25) is 0 Å². The summed E-state index contributed by atoms with van der Waals surface area (Å²) in [6.45, 7) is 2.32. The number of hydrogen-bond acceptors (Lipinski definition) is 2. The maximum atomic E-state index is 12.9. The molecule has 1 saturated carbocycles. The number of carbonyl (C=O) groups excluding carboxylic acids is 1. The first-order valence-corrected chi connectivity index (χ1v) is 11.0. The number of halogens is 1. The minimum absolute atomic E-state index is 0.140. The lowest BCUT2D eigenvalue weighted by atomic mass is 9.83. The van der Waals surface area contributed by atoms with Gasteiger partial charge in [0.05, 0.1) is 5.56 Å². The fraction of sp³-hybridized carbons (Fsp3) is 0.381. The van der Waals surface area contributed by atoms with Crippen molar-refractivity contribution in [2.45, 2.75) is 50.1 Å². The minimum atomic E-state index is -0.407. The Morgan fingerprint density at radius 2 is 1.68 bits per heavy atom. The SMILES string of the molecule is CC[SiH2][C@H]1CC[C@H](c2ccc(C(=O)Oc3ccc(F)cc3)cc2)CC1. The molecule has 2 nitrogen and oxygen atoms in total. The topological polar surface area (TPSA) is 26.3 Å². The number of rotatable bonds is 5. The molecule has 0 unspecified atom stereocenters. The van der Waals surface area contributed by atoms with Crippen LogP contribution in [0, 0.1) is 5.82 Å². The van der Waals surface area contributed by atoms with Crippen molar-refractivity contribution in [2.24, 2.45) is 0 Å². The van der Waals surface area contributed by atoms with Crippen molar-refractivity contribution in [1.82, 2.24) is 0 Å². The summed E-state index contributed by atoms with van der Waals surface area (Å²) >= 11 is 0. The van der Waals surface area contributed by atoms with Gasteiger partial charge in [0.1, 0.15) is 11.6 Å². The van der Waals surface area contributed by atoms with Gasteiger partial charge in [-0.05, 0) is 60.7 Å². The minimum Gasteiger partial charge on any atom is -0.423 e. The zero-order chi connectivity index (χ0) is 17.6. The quantitative estimate of drug-likeness (QED) is 0.423. The maximum Gasteiger partial charge on any atom is 0.343 e. The van der Waals surface area contributed by atoms with Gasteiger partial charge in [0.25, 0.3) is 0 Å². The molecule has 1 aliphatic rings. The normalized spacial score (nSPS) is 20.7. The average Bonchev–Trinajstić information content (AvgIpc) is 2.65. The Hall–Kier alpha value is -1.94. The molecule has 0 N–H and O–H groups in total. The number of ether oxygens (including phenoxy) is 1. The van der Waals surface area contributed by atoms with Crippen LogP contribution in [-0.4, -0.2) is 15.5 Å².